The zero-order chi connectivity index (χ0) is 21.3. The third-order valence-corrected chi connectivity index (χ3v) is 6.40. The van der Waals surface area contributed by atoms with Crippen LogP contribution >= 0.6 is 11.6 Å². The topological polar surface area (TPSA) is 61.8 Å². The molecule has 1 aromatic carbocycles. The van der Waals surface area contributed by atoms with Crippen molar-refractivity contribution in [2.45, 2.75) is 76.4 Å². The van der Waals surface area contributed by atoms with Crippen LogP contribution in [0.15, 0.2) is 18.2 Å². The van der Waals surface area contributed by atoms with Gasteiger partial charge in [0.2, 0.25) is 0 Å². The van der Waals surface area contributed by atoms with Crippen LogP contribution in [0.1, 0.15) is 64.2 Å². The second-order valence-electron chi connectivity index (χ2n) is 8.75. The van der Waals surface area contributed by atoms with Crippen LogP contribution in [0.3, 0.4) is 0 Å². The van der Waals surface area contributed by atoms with Gasteiger partial charge in [0, 0.05) is 19.1 Å². The van der Waals surface area contributed by atoms with Crippen molar-refractivity contribution < 1.29 is 19.0 Å². The van der Waals surface area contributed by atoms with Crippen LogP contribution in [0.4, 0.5) is 9.18 Å². The molecule has 1 amide bonds. The molecule has 168 valence electrons. The molecule has 1 aliphatic heterocycles. The molecule has 1 saturated heterocycles. The summed E-state index contributed by atoms with van der Waals surface area (Å²) >= 11 is 6.04. The molecule has 2 aliphatic carbocycles. The summed E-state index contributed by atoms with van der Waals surface area (Å²) in [5.41, 5.74) is 0. The Kier molecular flexibility index (Phi) is 9.06. The Bertz CT molecular complexity index is 670. The smallest absolute Gasteiger partial charge is 0.404 e. The average Bonchev–Trinajstić information content (AvgIpc) is 3.60. The molecule has 1 heterocycles. The number of ether oxygens (including phenoxy) is 1. The molecule has 5 nitrogen and oxygen atoms in total. The van der Waals surface area contributed by atoms with E-state index in [0.29, 0.717) is 16.7 Å². The number of carbonyl (C=O) groups is 1. The van der Waals surface area contributed by atoms with Crippen molar-refractivity contribution in [1.29, 1.82) is 0 Å². The quantitative estimate of drug-likeness (QED) is 0.594. The van der Waals surface area contributed by atoms with E-state index in [-0.39, 0.29) is 18.0 Å². The number of benzene rings is 1. The summed E-state index contributed by atoms with van der Waals surface area (Å²) in [5, 5.41) is 11.7. The normalized spacial score (nSPS) is 24.5. The lowest BCUT2D eigenvalue weighted by atomic mass is 9.84. The van der Waals surface area contributed by atoms with Crippen molar-refractivity contribution in [2.24, 2.45) is 5.92 Å². The molecule has 3 fully saturated rings. The summed E-state index contributed by atoms with van der Waals surface area (Å²) in [4.78, 5) is 13.2. The number of nitrogens with zero attached hydrogens (tertiary/aromatic N) is 1. The molecule has 2 N–H and O–H groups in total. The van der Waals surface area contributed by atoms with E-state index < -0.39 is 6.09 Å². The van der Waals surface area contributed by atoms with E-state index in [0.717, 1.165) is 58.2 Å². The second-order valence-corrected chi connectivity index (χ2v) is 9.16. The number of hydrogen-bond acceptors (Lipinski definition) is 3. The predicted molar refractivity (Wildman–Crippen MR) is 117 cm³/mol. The minimum atomic E-state index is -0.912. The average molecular weight is 441 g/mol. The Labute approximate surface area is 183 Å². The maximum Gasteiger partial charge on any atom is 0.404 e. The van der Waals surface area contributed by atoms with Gasteiger partial charge >= 0.3 is 6.09 Å². The lowest BCUT2D eigenvalue weighted by Gasteiger charge is -2.34. The molecule has 1 aromatic rings. The van der Waals surface area contributed by atoms with Gasteiger partial charge in [-0.25, -0.2) is 9.18 Å². The van der Waals surface area contributed by atoms with Crippen LogP contribution in [0.5, 0.6) is 5.75 Å². The Balaban J connectivity index is 0.000000782. The molecule has 3 aliphatic rings. The standard InChI is InChI=1S/C20H28ClFN2O3.C3H6/c21-18-13-15(22)3-6-19(18)27-17-8-11-24(12-9-17)10-7-14-1-4-16(5-2-14)23-20(25)26;1-2-3-1/h3,6,13-14,16-17,23H,1-2,4-5,7-12H2,(H,25,26);1-3H2. The van der Waals surface area contributed by atoms with Gasteiger partial charge in [0.15, 0.2) is 0 Å². The molecule has 0 aromatic heterocycles. The van der Waals surface area contributed by atoms with E-state index in [1.165, 1.54) is 37.8 Å². The maximum absolute atomic E-state index is 13.1. The minimum absolute atomic E-state index is 0.127. The molecule has 2 saturated carbocycles. The number of likely N-dealkylation sites (tertiary alicyclic amines) is 1. The van der Waals surface area contributed by atoms with Gasteiger partial charge in [-0.05, 0) is 75.6 Å². The molecule has 0 unspecified atom stereocenters. The molecular formula is C23H34ClFN2O3. The van der Waals surface area contributed by atoms with E-state index in [1.807, 2.05) is 0 Å². The van der Waals surface area contributed by atoms with Gasteiger partial charge < -0.3 is 20.1 Å². The first-order valence-corrected chi connectivity index (χ1v) is 11.7. The van der Waals surface area contributed by atoms with Crippen LogP contribution in [0.2, 0.25) is 5.02 Å². The zero-order valence-corrected chi connectivity index (χ0v) is 18.4. The van der Waals surface area contributed by atoms with Gasteiger partial charge in [0.25, 0.3) is 0 Å². The number of rotatable bonds is 6. The van der Waals surface area contributed by atoms with Crippen molar-refractivity contribution in [1.82, 2.24) is 10.2 Å². The summed E-state index contributed by atoms with van der Waals surface area (Å²) in [6, 6.07) is 4.38. The summed E-state index contributed by atoms with van der Waals surface area (Å²) in [6.45, 7) is 3.09. The Morgan fingerprint density at radius 1 is 1.13 bits per heavy atom. The van der Waals surface area contributed by atoms with Crippen molar-refractivity contribution in [3.05, 3.63) is 29.0 Å². The lowest BCUT2D eigenvalue weighted by molar-refractivity contribution is 0.0949. The van der Waals surface area contributed by atoms with E-state index in [9.17, 15) is 9.18 Å². The largest absolute Gasteiger partial charge is 0.489 e. The van der Waals surface area contributed by atoms with E-state index in [1.54, 1.807) is 6.07 Å². The molecule has 4 rings (SSSR count). The minimum Gasteiger partial charge on any atom is -0.489 e. The van der Waals surface area contributed by atoms with E-state index in [4.69, 9.17) is 21.4 Å². The highest BCUT2D eigenvalue weighted by Crippen LogP contribution is 2.29. The summed E-state index contributed by atoms with van der Waals surface area (Å²) < 4.78 is 19.1. The molecule has 0 atom stereocenters. The van der Waals surface area contributed by atoms with E-state index >= 15 is 0 Å². The van der Waals surface area contributed by atoms with Gasteiger partial charge in [0.05, 0.1) is 5.02 Å². The Hall–Kier alpha value is -1.53. The Morgan fingerprint density at radius 3 is 2.37 bits per heavy atom. The monoisotopic (exact) mass is 440 g/mol. The fourth-order valence-electron chi connectivity index (χ4n) is 4.14. The van der Waals surface area contributed by atoms with Crippen LogP contribution in [0.25, 0.3) is 0 Å². The molecular weight excluding hydrogens is 407 g/mol. The zero-order valence-electron chi connectivity index (χ0n) is 17.6. The number of nitrogens with one attached hydrogen (secondary N) is 1. The first-order chi connectivity index (χ1) is 14.5. The summed E-state index contributed by atoms with van der Waals surface area (Å²) in [5.74, 6) is 0.905. The third kappa shape index (κ3) is 8.31. The van der Waals surface area contributed by atoms with Crippen molar-refractivity contribution in [3.63, 3.8) is 0 Å². The Morgan fingerprint density at radius 2 is 1.80 bits per heavy atom. The SMILES string of the molecule is C1CC1.O=C(O)NC1CCC(CCN2CCC(Oc3ccc(F)cc3Cl)CC2)CC1. The van der Waals surface area contributed by atoms with Crippen LogP contribution in [0, 0.1) is 11.7 Å². The maximum atomic E-state index is 13.1. The van der Waals surface area contributed by atoms with Crippen LogP contribution in [-0.4, -0.2) is 47.9 Å². The number of hydrogen-bond donors (Lipinski definition) is 2. The van der Waals surface area contributed by atoms with Gasteiger partial charge in [-0.1, -0.05) is 30.9 Å². The van der Waals surface area contributed by atoms with Crippen molar-refractivity contribution in [2.75, 3.05) is 19.6 Å². The fraction of sp³-hybridized carbons (Fsp3) is 0.696. The van der Waals surface area contributed by atoms with Gasteiger partial charge in [-0.3, -0.25) is 0 Å². The lowest BCUT2D eigenvalue weighted by Crippen LogP contribution is -2.40. The number of halogens is 2. The second kappa shape index (κ2) is 11.8. The highest BCUT2D eigenvalue weighted by Gasteiger charge is 2.25. The molecule has 30 heavy (non-hydrogen) atoms. The first-order valence-electron chi connectivity index (χ1n) is 11.3. The summed E-state index contributed by atoms with van der Waals surface area (Å²) in [6.07, 6.45) is 10.9. The van der Waals surface area contributed by atoms with Crippen LogP contribution in [-0.2, 0) is 0 Å². The third-order valence-electron chi connectivity index (χ3n) is 6.10. The highest BCUT2D eigenvalue weighted by molar-refractivity contribution is 6.32. The van der Waals surface area contributed by atoms with Gasteiger partial charge in [-0.15, -0.1) is 0 Å². The van der Waals surface area contributed by atoms with Gasteiger partial charge in [-0.2, -0.15) is 0 Å². The highest BCUT2D eigenvalue weighted by atomic mass is 35.5. The van der Waals surface area contributed by atoms with Crippen LogP contribution < -0.4 is 10.1 Å². The van der Waals surface area contributed by atoms with Gasteiger partial charge in [0.1, 0.15) is 17.7 Å². The fourth-order valence-corrected chi connectivity index (χ4v) is 4.35. The first kappa shape index (κ1) is 23.1. The number of carboxylic acid groups (broad SMARTS) is 1. The number of piperidine rings is 1. The van der Waals surface area contributed by atoms with Crippen molar-refractivity contribution >= 4 is 17.7 Å². The predicted octanol–water partition coefficient (Wildman–Crippen LogP) is 5.71. The van der Waals surface area contributed by atoms with E-state index in [2.05, 4.69) is 10.2 Å². The summed E-state index contributed by atoms with van der Waals surface area (Å²) in [7, 11) is 0. The molecule has 0 bridgehead atoms. The van der Waals surface area contributed by atoms with Crippen molar-refractivity contribution in [3.8, 4) is 5.75 Å². The molecule has 0 radical (unpaired) electrons. The molecule has 7 heteroatoms. The number of amides is 1. The molecule has 0 spiro atoms.